The zero-order valence-electron chi connectivity index (χ0n) is 9.87. The first-order valence-corrected chi connectivity index (χ1v) is 5.54. The predicted molar refractivity (Wildman–Crippen MR) is 66.5 cm³/mol. The summed E-state index contributed by atoms with van der Waals surface area (Å²) in [6.07, 6.45) is 0. The molecule has 4 heteroatoms. The first-order valence-electron chi connectivity index (χ1n) is 5.54. The number of nitrogens with one attached hydrogen (secondary N) is 1. The lowest BCUT2D eigenvalue weighted by Gasteiger charge is -2.10. The van der Waals surface area contributed by atoms with E-state index in [0.29, 0.717) is 5.56 Å². The molecule has 2 aromatic carbocycles. The molecule has 0 amide bonds. The number of hydrogen-bond donors (Lipinski definition) is 2. The third kappa shape index (κ3) is 2.59. The zero-order chi connectivity index (χ0) is 13.1. The summed E-state index contributed by atoms with van der Waals surface area (Å²) in [5, 5.41) is 12.4. The average molecular weight is 249 g/mol. The molecule has 0 unspecified atom stereocenters. The van der Waals surface area contributed by atoms with Crippen LogP contribution in [-0.2, 0) is 6.54 Å². The van der Waals surface area contributed by atoms with Gasteiger partial charge in [-0.15, -0.1) is 0 Å². The molecular formula is C14H13F2NO. The molecule has 0 radical (unpaired) electrons. The van der Waals surface area contributed by atoms with Crippen molar-refractivity contribution in [2.24, 2.45) is 0 Å². The molecule has 2 nitrogen and oxygen atoms in total. The first-order chi connectivity index (χ1) is 8.58. The fourth-order valence-electron chi connectivity index (χ4n) is 1.69. The molecule has 0 spiro atoms. The molecule has 0 aliphatic heterocycles. The number of rotatable bonds is 3. The number of aromatic hydroxyl groups is 1. The number of aryl methyl sites for hydroxylation is 1. The Hall–Kier alpha value is -2.10. The van der Waals surface area contributed by atoms with Gasteiger partial charge in [-0.2, -0.15) is 0 Å². The Morgan fingerprint density at radius 3 is 2.72 bits per heavy atom. The van der Waals surface area contributed by atoms with Crippen molar-refractivity contribution in [1.29, 1.82) is 0 Å². The van der Waals surface area contributed by atoms with E-state index in [1.54, 1.807) is 18.2 Å². The maximum atomic E-state index is 13.4. The number of phenolic OH excluding ortho intramolecular Hbond substituents is 1. The highest BCUT2D eigenvalue weighted by Crippen LogP contribution is 2.21. The van der Waals surface area contributed by atoms with Gasteiger partial charge in [-0.3, -0.25) is 0 Å². The van der Waals surface area contributed by atoms with Crippen molar-refractivity contribution >= 4 is 5.69 Å². The van der Waals surface area contributed by atoms with Crippen LogP contribution in [0.5, 0.6) is 5.75 Å². The van der Waals surface area contributed by atoms with Gasteiger partial charge in [0.25, 0.3) is 0 Å². The van der Waals surface area contributed by atoms with E-state index in [4.69, 9.17) is 0 Å². The quantitative estimate of drug-likeness (QED) is 0.871. The van der Waals surface area contributed by atoms with E-state index in [-0.39, 0.29) is 18.0 Å². The largest absolute Gasteiger partial charge is 0.508 e. The maximum Gasteiger partial charge on any atom is 0.181 e. The molecule has 0 aliphatic carbocycles. The van der Waals surface area contributed by atoms with Gasteiger partial charge >= 0.3 is 0 Å². The molecular weight excluding hydrogens is 236 g/mol. The highest BCUT2D eigenvalue weighted by Gasteiger charge is 2.08. The predicted octanol–water partition coefficient (Wildman–Crippen LogP) is 3.59. The van der Waals surface area contributed by atoms with E-state index in [1.807, 2.05) is 6.92 Å². The van der Waals surface area contributed by atoms with Gasteiger partial charge in [-0.05, 0) is 25.1 Å². The highest BCUT2D eigenvalue weighted by atomic mass is 19.2. The second-order valence-electron chi connectivity index (χ2n) is 4.09. The normalized spacial score (nSPS) is 10.4. The maximum absolute atomic E-state index is 13.4. The third-order valence-electron chi connectivity index (χ3n) is 2.66. The number of benzene rings is 2. The number of anilines is 1. The van der Waals surface area contributed by atoms with Crippen molar-refractivity contribution < 1.29 is 13.9 Å². The van der Waals surface area contributed by atoms with E-state index in [9.17, 15) is 13.9 Å². The molecule has 0 aromatic heterocycles. The van der Waals surface area contributed by atoms with Crippen LogP contribution < -0.4 is 5.32 Å². The van der Waals surface area contributed by atoms with Crippen LogP contribution in [0, 0.1) is 18.6 Å². The van der Waals surface area contributed by atoms with Gasteiger partial charge in [0.15, 0.2) is 11.6 Å². The zero-order valence-corrected chi connectivity index (χ0v) is 9.87. The van der Waals surface area contributed by atoms with Crippen molar-refractivity contribution in [3.05, 3.63) is 59.2 Å². The summed E-state index contributed by atoms with van der Waals surface area (Å²) in [7, 11) is 0. The minimum atomic E-state index is -0.912. The molecule has 0 aliphatic rings. The van der Waals surface area contributed by atoms with E-state index in [1.165, 1.54) is 12.1 Å². The summed E-state index contributed by atoms with van der Waals surface area (Å²) in [5.74, 6) is -1.68. The van der Waals surface area contributed by atoms with Crippen LogP contribution in [0.3, 0.4) is 0 Å². The lowest BCUT2D eigenvalue weighted by atomic mass is 10.1. The number of hydrogen-bond acceptors (Lipinski definition) is 2. The third-order valence-corrected chi connectivity index (χ3v) is 2.66. The Balaban J connectivity index is 2.16. The van der Waals surface area contributed by atoms with Gasteiger partial charge < -0.3 is 10.4 Å². The molecule has 94 valence electrons. The van der Waals surface area contributed by atoms with Crippen LogP contribution >= 0.6 is 0 Å². The van der Waals surface area contributed by atoms with Gasteiger partial charge in [0.05, 0.1) is 5.69 Å². The minimum Gasteiger partial charge on any atom is -0.508 e. The van der Waals surface area contributed by atoms with Crippen LogP contribution in [0.2, 0.25) is 0 Å². The summed E-state index contributed by atoms with van der Waals surface area (Å²) in [4.78, 5) is 0. The van der Waals surface area contributed by atoms with Gasteiger partial charge in [0.2, 0.25) is 0 Å². The molecule has 0 atom stereocenters. The highest BCUT2D eigenvalue weighted by molar-refractivity contribution is 5.47. The Kier molecular flexibility index (Phi) is 3.46. The van der Waals surface area contributed by atoms with Gasteiger partial charge in [-0.1, -0.05) is 23.8 Å². The summed E-state index contributed by atoms with van der Waals surface area (Å²) in [6, 6.07) is 9.09. The van der Waals surface area contributed by atoms with Gasteiger partial charge in [0.1, 0.15) is 5.75 Å². The SMILES string of the molecule is Cc1ccc(O)c(CNc2cccc(F)c2F)c1. The Bertz CT molecular complexity index is 568. The molecule has 0 bridgehead atoms. The summed E-state index contributed by atoms with van der Waals surface area (Å²) in [6.45, 7) is 2.12. The smallest absolute Gasteiger partial charge is 0.181 e. The fourth-order valence-corrected chi connectivity index (χ4v) is 1.69. The van der Waals surface area contributed by atoms with Gasteiger partial charge in [0, 0.05) is 12.1 Å². The summed E-state index contributed by atoms with van der Waals surface area (Å²) < 4.78 is 26.4. The van der Waals surface area contributed by atoms with Crippen molar-refractivity contribution in [1.82, 2.24) is 0 Å². The van der Waals surface area contributed by atoms with E-state index >= 15 is 0 Å². The standard InChI is InChI=1S/C14H13F2NO/c1-9-5-6-13(18)10(7-9)8-17-12-4-2-3-11(15)14(12)16/h2-7,17-18H,8H2,1H3. The van der Waals surface area contributed by atoms with Gasteiger partial charge in [-0.25, -0.2) is 8.78 Å². The van der Waals surface area contributed by atoms with Crippen molar-refractivity contribution in [2.45, 2.75) is 13.5 Å². The molecule has 0 fully saturated rings. The lowest BCUT2D eigenvalue weighted by molar-refractivity contribution is 0.468. The number of phenols is 1. The first kappa shape index (κ1) is 12.4. The molecule has 0 saturated heterocycles. The minimum absolute atomic E-state index is 0.0795. The van der Waals surface area contributed by atoms with E-state index < -0.39 is 11.6 Å². The topological polar surface area (TPSA) is 32.3 Å². The molecule has 2 N–H and O–H groups in total. The monoisotopic (exact) mass is 249 g/mol. The Morgan fingerprint density at radius 1 is 1.17 bits per heavy atom. The van der Waals surface area contributed by atoms with Crippen molar-refractivity contribution in [3.63, 3.8) is 0 Å². The van der Waals surface area contributed by atoms with E-state index in [0.717, 1.165) is 11.6 Å². The summed E-state index contributed by atoms with van der Waals surface area (Å²) in [5.41, 5.74) is 1.71. The van der Waals surface area contributed by atoms with E-state index in [2.05, 4.69) is 5.32 Å². The second-order valence-corrected chi connectivity index (χ2v) is 4.09. The molecule has 2 rings (SSSR count). The molecule has 0 heterocycles. The van der Waals surface area contributed by atoms with Crippen LogP contribution in [-0.4, -0.2) is 5.11 Å². The fraction of sp³-hybridized carbons (Fsp3) is 0.143. The molecule has 0 saturated carbocycles. The Morgan fingerprint density at radius 2 is 1.94 bits per heavy atom. The van der Waals surface area contributed by atoms with Crippen molar-refractivity contribution in [2.75, 3.05) is 5.32 Å². The van der Waals surface area contributed by atoms with Crippen LogP contribution in [0.15, 0.2) is 36.4 Å². The second kappa shape index (κ2) is 5.04. The average Bonchev–Trinajstić information content (AvgIpc) is 2.35. The molecule has 2 aromatic rings. The lowest BCUT2D eigenvalue weighted by Crippen LogP contribution is -2.03. The number of halogens is 2. The summed E-state index contributed by atoms with van der Waals surface area (Å²) >= 11 is 0. The van der Waals surface area contributed by atoms with Crippen molar-refractivity contribution in [3.8, 4) is 5.75 Å². The van der Waals surface area contributed by atoms with Crippen LogP contribution in [0.25, 0.3) is 0 Å². The Labute approximate surface area is 104 Å². The molecule has 18 heavy (non-hydrogen) atoms. The van der Waals surface area contributed by atoms with Crippen LogP contribution in [0.4, 0.5) is 14.5 Å². The van der Waals surface area contributed by atoms with Crippen LogP contribution in [0.1, 0.15) is 11.1 Å².